The van der Waals surface area contributed by atoms with E-state index in [1.807, 2.05) is 0 Å². The third-order valence-electron chi connectivity index (χ3n) is 3.21. The second kappa shape index (κ2) is 6.67. The normalized spacial score (nSPS) is 12.6. The summed E-state index contributed by atoms with van der Waals surface area (Å²) < 4.78 is 77.3. The molecular formula is C13H4BrCl2F6N5. The molecule has 2 aromatic heterocycles. The van der Waals surface area contributed by atoms with E-state index in [1.54, 1.807) is 0 Å². The first kappa shape index (κ1) is 20.0. The molecule has 0 aliphatic heterocycles. The molecule has 0 bridgehead atoms. The first-order valence-corrected chi connectivity index (χ1v) is 8.24. The van der Waals surface area contributed by atoms with Crippen LogP contribution in [0.2, 0.25) is 10.0 Å². The molecule has 3 aromatic rings. The van der Waals surface area contributed by atoms with Crippen molar-refractivity contribution in [1.29, 1.82) is 0 Å². The number of nitrogens with zero attached hydrogens (tertiary/aromatic N) is 4. The smallest absolute Gasteiger partial charge is 0.329 e. The van der Waals surface area contributed by atoms with E-state index in [2.05, 4.69) is 36.0 Å². The molecule has 0 atom stereocenters. The van der Waals surface area contributed by atoms with Gasteiger partial charge < -0.3 is 4.98 Å². The summed E-state index contributed by atoms with van der Waals surface area (Å²) in [5, 5.41) is 3.13. The van der Waals surface area contributed by atoms with Crippen LogP contribution in [-0.4, -0.2) is 24.7 Å². The number of imidazole rings is 1. The van der Waals surface area contributed by atoms with Crippen molar-refractivity contribution in [3.8, 4) is 17.3 Å². The maximum absolute atomic E-state index is 12.8. The van der Waals surface area contributed by atoms with Crippen LogP contribution in [0.4, 0.5) is 26.3 Å². The molecule has 27 heavy (non-hydrogen) atoms. The van der Waals surface area contributed by atoms with Crippen molar-refractivity contribution in [1.82, 2.24) is 24.7 Å². The molecule has 2 heterocycles. The van der Waals surface area contributed by atoms with E-state index >= 15 is 0 Å². The van der Waals surface area contributed by atoms with E-state index in [1.165, 1.54) is 0 Å². The van der Waals surface area contributed by atoms with E-state index in [0.29, 0.717) is 12.1 Å². The van der Waals surface area contributed by atoms with Gasteiger partial charge in [0.05, 0.1) is 15.6 Å². The summed E-state index contributed by atoms with van der Waals surface area (Å²) >= 11 is 14.4. The molecule has 3 rings (SSSR count). The molecule has 0 saturated carbocycles. The van der Waals surface area contributed by atoms with Crippen LogP contribution >= 0.6 is 39.1 Å². The number of hydrogen-bond acceptors (Lipinski definition) is 3. The van der Waals surface area contributed by atoms with Crippen molar-refractivity contribution in [2.45, 2.75) is 12.4 Å². The van der Waals surface area contributed by atoms with Crippen molar-refractivity contribution in [3.05, 3.63) is 44.4 Å². The van der Waals surface area contributed by atoms with Gasteiger partial charge in [0.1, 0.15) is 16.6 Å². The van der Waals surface area contributed by atoms with Gasteiger partial charge in [-0.3, -0.25) is 0 Å². The Morgan fingerprint density at radius 2 is 1.59 bits per heavy atom. The van der Waals surface area contributed by atoms with E-state index in [9.17, 15) is 26.3 Å². The van der Waals surface area contributed by atoms with Gasteiger partial charge in [0.15, 0.2) is 11.5 Å². The summed E-state index contributed by atoms with van der Waals surface area (Å²) in [5.41, 5.74) is -2.39. The van der Waals surface area contributed by atoms with Crippen LogP contribution in [-0.2, 0) is 12.4 Å². The van der Waals surface area contributed by atoms with Gasteiger partial charge in [-0.2, -0.15) is 26.3 Å². The van der Waals surface area contributed by atoms with E-state index in [4.69, 9.17) is 23.2 Å². The highest BCUT2D eigenvalue weighted by Crippen LogP contribution is 2.38. The van der Waals surface area contributed by atoms with Crippen LogP contribution in [0.1, 0.15) is 11.3 Å². The highest BCUT2D eigenvalue weighted by molar-refractivity contribution is 9.10. The Labute approximate surface area is 164 Å². The minimum absolute atomic E-state index is 0.119. The Hall–Kier alpha value is -1.79. The topological polar surface area (TPSA) is 59.4 Å². The van der Waals surface area contributed by atoms with E-state index < -0.39 is 28.2 Å². The predicted octanol–water partition coefficient (Wildman–Crippen LogP) is 5.76. The number of benzene rings is 1. The van der Waals surface area contributed by atoms with Gasteiger partial charge in [0, 0.05) is 0 Å². The molecule has 144 valence electrons. The molecule has 1 aromatic carbocycles. The lowest BCUT2D eigenvalue weighted by Crippen LogP contribution is -2.07. The third kappa shape index (κ3) is 3.92. The molecule has 0 radical (unpaired) electrons. The molecule has 0 saturated heterocycles. The maximum Gasteiger partial charge on any atom is 0.436 e. The number of aromatic amines is 1. The summed E-state index contributed by atoms with van der Waals surface area (Å²) in [6.45, 7) is 0. The molecule has 5 nitrogen and oxygen atoms in total. The Balaban J connectivity index is 2.02. The summed E-state index contributed by atoms with van der Waals surface area (Å²) in [4.78, 5) is 9.48. The molecule has 0 unspecified atom stereocenters. The molecule has 0 aliphatic rings. The first-order valence-electron chi connectivity index (χ1n) is 6.69. The lowest BCUT2D eigenvalue weighted by Gasteiger charge is -2.11. The number of rotatable bonds is 2. The van der Waals surface area contributed by atoms with Gasteiger partial charge >= 0.3 is 12.4 Å². The Kier molecular flexibility index (Phi) is 4.93. The second-order valence-electron chi connectivity index (χ2n) is 5.04. The van der Waals surface area contributed by atoms with Crippen molar-refractivity contribution in [2.24, 2.45) is 0 Å². The zero-order valence-corrected chi connectivity index (χ0v) is 15.5. The van der Waals surface area contributed by atoms with Gasteiger partial charge in [0.2, 0.25) is 5.82 Å². The van der Waals surface area contributed by atoms with Crippen molar-refractivity contribution in [2.75, 3.05) is 0 Å². The first-order chi connectivity index (χ1) is 12.4. The monoisotopic (exact) mass is 493 g/mol. The second-order valence-corrected chi connectivity index (χ2v) is 6.65. The molecule has 0 spiro atoms. The largest absolute Gasteiger partial charge is 0.436 e. The van der Waals surface area contributed by atoms with E-state index in [-0.39, 0.29) is 27.4 Å². The van der Waals surface area contributed by atoms with Crippen LogP contribution in [0.15, 0.2) is 23.1 Å². The summed E-state index contributed by atoms with van der Waals surface area (Å²) in [6, 6.07) is 1.30. The van der Waals surface area contributed by atoms with Crippen molar-refractivity contribution in [3.63, 3.8) is 0 Å². The minimum atomic E-state index is -4.71. The van der Waals surface area contributed by atoms with Crippen molar-refractivity contribution < 1.29 is 26.3 Å². The number of alkyl halides is 6. The van der Waals surface area contributed by atoms with Crippen LogP contribution < -0.4 is 0 Å². The highest BCUT2D eigenvalue weighted by atomic mass is 79.9. The Bertz CT molecular complexity index is 987. The number of aromatic nitrogens is 5. The highest BCUT2D eigenvalue weighted by Gasteiger charge is 2.37. The molecule has 0 aliphatic carbocycles. The van der Waals surface area contributed by atoms with Crippen molar-refractivity contribution >= 4 is 39.1 Å². The third-order valence-corrected chi connectivity index (χ3v) is 4.36. The Morgan fingerprint density at radius 3 is 2.07 bits per heavy atom. The molecule has 0 fully saturated rings. The minimum Gasteiger partial charge on any atom is -0.329 e. The van der Waals surface area contributed by atoms with Crippen LogP contribution in [0.25, 0.3) is 17.3 Å². The maximum atomic E-state index is 12.8. The fraction of sp³-hybridized carbons (Fsp3) is 0.154. The van der Waals surface area contributed by atoms with Crippen LogP contribution in [0.3, 0.4) is 0 Å². The van der Waals surface area contributed by atoms with Gasteiger partial charge in [-0.05, 0) is 28.1 Å². The fourth-order valence-corrected chi connectivity index (χ4v) is 3.23. The number of halogens is 9. The number of H-pyrrole nitrogens is 1. The van der Waals surface area contributed by atoms with Crippen LogP contribution in [0.5, 0.6) is 0 Å². The Morgan fingerprint density at radius 1 is 1.00 bits per heavy atom. The summed E-state index contributed by atoms with van der Waals surface area (Å²) in [5.74, 6) is -0.565. The predicted molar refractivity (Wildman–Crippen MR) is 86.7 cm³/mol. The number of hydrogen-bond donors (Lipinski definition) is 1. The fourth-order valence-electron chi connectivity index (χ4n) is 2.07. The lowest BCUT2D eigenvalue weighted by atomic mass is 10.2. The standard InChI is InChI=1S/C13H4BrCl2F6N5/c14-9-8(13(20,21)22)24-11(25-9)10-23-3-27(26-10)7-5(15)1-4(2-6(7)16)12(17,18)19/h1-3H,(H,24,25). The quantitative estimate of drug-likeness (QED) is 0.460. The average molecular weight is 495 g/mol. The molecule has 1 N–H and O–H groups in total. The SMILES string of the molecule is FC(F)(F)c1cc(Cl)c(-n2cnc(-c3nc(C(F)(F)F)c(Br)[nH]3)n2)c(Cl)c1. The van der Waals surface area contributed by atoms with Gasteiger partial charge in [-0.25, -0.2) is 14.6 Å². The van der Waals surface area contributed by atoms with E-state index in [0.717, 1.165) is 11.0 Å². The zero-order valence-electron chi connectivity index (χ0n) is 12.4. The summed E-state index contributed by atoms with van der Waals surface area (Å²) in [7, 11) is 0. The number of nitrogens with one attached hydrogen (secondary N) is 1. The van der Waals surface area contributed by atoms with Gasteiger partial charge in [-0.15, -0.1) is 5.10 Å². The van der Waals surface area contributed by atoms with Crippen LogP contribution in [0, 0.1) is 0 Å². The lowest BCUT2D eigenvalue weighted by molar-refractivity contribution is -0.141. The van der Waals surface area contributed by atoms with Gasteiger partial charge in [0.25, 0.3) is 0 Å². The van der Waals surface area contributed by atoms with Gasteiger partial charge in [-0.1, -0.05) is 23.2 Å². The summed E-state index contributed by atoms with van der Waals surface area (Å²) in [6.07, 6.45) is -8.34. The molecule has 14 heteroatoms. The molecular weight excluding hydrogens is 491 g/mol. The average Bonchev–Trinajstić information content (AvgIpc) is 3.11. The zero-order chi connectivity index (χ0) is 20.1. The molecule has 0 amide bonds.